The molecule has 0 bridgehead atoms. The maximum Gasteiger partial charge on any atom is 0.217 e. The molecule has 0 radical (unpaired) electrons. The first-order valence-electron chi connectivity index (χ1n) is 19.6. The average Bonchev–Trinajstić information content (AvgIpc) is 3.23. The van der Waals surface area contributed by atoms with Gasteiger partial charge < -0.3 is 130 Å². The van der Waals surface area contributed by atoms with Gasteiger partial charge in [0.1, 0.15) is 122 Å². The van der Waals surface area contributed by atoms with Crippen LogP contribution in [0.4, 0.5) is 0 Å². The molecule has 17 N–H and O–H groups in total. The molecule has 0 unspecified atom stereocenters. The Hall–Kier alpha value is -2.02. The predicted octanol–water partition coefficient (Wildman–Crippen LogP) is -11.6. The third-order valence-electron chi connectivity index (χ3n) is 11.1. The highest BCUT2D eigenvalue weighted by atomic mass is 16.8. The van der Waals surface area contributed by atoms with Gasteiger partial charge in [-0.2, -0.15) is 0 Å². The Bertz CT molecular complexity index is 1440. The number of aliphatic hydroxyl groups excluding tert-OH is 15. The minimum absolute atomic E-state index is 0.724. The number of nitrogens with one attached hydrogen (secondary N) is 2. The van der Waals surface area contributed by atoms with Crippen LogP contribution >= 0.6 is 0 Å². The lowest BCUT2D eigenvalue weighted by Crippen LogP contribution is -2.71. The first-order chi connectivity index (χ1) is 29.3. The molecule has 2 amide bonds. The zero-order valence-corrected chi connectivity index (χ0v) is 33.2. The van der Waals surface area contributed by atoms with Crippen molar-refractivity contribution < 1.29 is 129 Å². The SMILES string of the molecule is CC(=O)N[C@H]1[C@@H](O[C@H]2[C@@H](O)[C@@H](CO)O[C@H](O[C@@H]3[C@H](O)[C@@H](O)[C@H](O[C@H]4[C@@H](O)[C@@H](CO)O[C@@H](O[C@H]5[C@H](O)[C@@H](O)[C@H](O)O[C@@H]5CO)[C@@H]4O)O[C@@H]3CO)[C@@H]2NC(C)=O)O[C@H](CO)[C@H](O)[C@@H]1O. The van der Waals surface area contributed by atoms with Gasteiger partial charge >= 0.3 is 0 Å². The first kappa shape index (κ1) is 51.0. The standard InChI is InChI=1S/C34H58N2O26/c1-8(42)35-15-20(47)17(44)10(3-37)55-31(15)61-28-16(36-9(2)43)32(56-11(4-38)18(28)45)59-27-14(7-41)58-33(24(51)22(27)49)62-29-19(46)12(5-39)57-34(25(29)52)60-26-13(6-40)54-30(53)23(50)21(26)48/h10-34,37-41,44-53H,3-7H2,1-2H3,(H,35,42)(H,36,43)/t10-,11-,12-,13-,14-,15-,16-,17+,18+,19+,20-,21-,22-,23-,24-,25-,26-,27+,28-,29+,30-,31-,32-,33+,34+/m1/s1. The lowest BCUT2D eigenvalue weighted by molar-refractivity contribution is -0.387. The molecule has 5 aliphatic heterocycles. The summed E-state index contributed by atoms with van der Waals surface area (Å²) in [6.45, 7) is -2.50. The van der Waals surface area contributed by atoms with Gasteiger partial charge in [-0.15, -0.1) is 0 Å². The smallest absolute Gasteiger partial charge is 0.217 e. The second-order valence-corrected chi connectivity index (χ2v) is 15.4. The number of rotatable bonds is 15. The van der Waals surface area contributed by atoms with E-state index in [-0.39, 0.29) is 0 Å². The van der Waals surface area contributed by atoms with E-state index < -0.39 is 198 Å². The van der Waals surface area contributed by atoms with E-state index >= 15 is 0 Å². The van der Waals surface area contributed by atoms with Crippen LogP contribution in [0.5, 0.6) is 0 Å². The molecule has 0 aliphatic carbocycles. The molecule has 0 aromatic rings. The van der Waals surface area contributed by atoms with Crippen molar-refractivity contribution in [1.82, 2.24) is 10.6 Å². The Labute approximate surface area is 351 Å². The molecule has 5 saturated heterocycles. The van der Waals surface area contributed by atoms with Gasteiger partial charge in [-0.3, -0.25) is 9.59 Å². The van der Waals surface area contributed by atoms with Crippen LogP contribution in [-0.4, -0.2) is 275 Å². The maximum absolute atomic E-state index is 12.5. The van der Waals surface area contributed by atoms with Crippen molar-refractivity contribution in [3.05, 3.63) is 0 Å². The molecule has 28 nitrogen and oxygen atoms in total. The van der Waals surface area contributed by atoms with Crippen molar-refractivity contribution >= 4 is 11.8 Å². The molecule has 5 fully saturated rings. The zero-order chi connectivity index (χ0) is 45.9. The molecule has 5 rings (SSSR count). The van der Waals surface area contributed by atoms with Crippen molar-refractivity contribution in [3.8, 4) is 0 Å². The van der Waals surface area contributed by atoms with Crippen LogP contribution in [0.3, 0.4) is 0 Å². The van der Waals surface area contributed by atoms with Crippen LogP contribution in [0.2, 0.25) is 0 Å². The Morgan fingerprint density at radius 3 is 1.29 bits per heavy atom. The van der Waals surface area contributed by atoms with E-state index in [0.29, 0.717) is 0 Å². The summed E-state index contributed by atoms with van der Waals surface area (Å²) in [6, 6.07) is -3.19. The molecule has 0 aromatic carbocycles. The largest absolute Gasteiger partial charge is 0.394 e. The highest BCUT2D eigenvalue weighted by Crippen LogP contribution is 2.35. The first-order valence-corrected chi connectivity index (χ1v) is 19.6. The number of aliphatic hydroxyl groups is 15. The van der Waals surface area contributed by atoms with Crippen LogP contribution in [0.1, 0.15) is 13.8 Å². The minimum Gasteiger partial charge on any atom is -0.394 e. The van der Waals surface area contributed by atoms with Gasteiger partial charge in [0.15, 0.2) is 31.5 Å². The number of carbonyl (C=O) groups excluding carboxylic acids is 2. The van der Waals surface area contributed by atoms with Gasteiger partial charge in [-0.1, -0.05) is 0 Å². The van der Waals surface area contributed by atoms with Gasteiger partial charge in [0.25, 0.3) is 0 Å². The topological polar surface area (TPSA) is 445 Å². The quantitative estimate of drug-likeness (QED) is 0.0725. The Morgan fingerprint density at radius 1 is 0.387 bits per heavy atom. The van der Waals surface area contributed by atoms with Crippen LogP contribution < -0.4 is 10.6 Å². The summed E-state index contributed by atoms with van der Waals surface area (Å²) in [5.41, 5.74) is 0. The highest BCUT2D eigenvalue weighted by Gasteiger charge is 2.57. The summed E-state index contributed by atoms with van der Waals surface area (Å²) in [4.78, 5) is 24.6. The third kappa shape index (κ3) is 10.8. The summed E-state index contributed by atoms with van der Waals surface area (Å²) < 4.78 is 50.8. The fourth-order valence-electron chi connectivity index (χ4n) is 7.83. The summed E-state index contributed by atoms with van der Waals surface area (Å²) in [7, 11) is 0. The molecular formula is C34H58N2O26. The molecule has 0 spiro atoms. The molecule has 5 aliphatic rings. The van der Waals surface area contributed by atoms with Gasteiger partial charge in [-0.25, -0.2) is 0 Å². The number of ether oxygens (including phenoxy) is 9. The van der Waals surface area contributed by atoms with Crippen molar-refractivity contribution in [2.24, 2.45) is 0 Å². The second-order valence-electron chi connectivity index (χ2n) is 15.4. The highest BCUT2D eigenvalue weighted by molar-refractivity contribution is 5.73. The average molecular weight is 911 g/mol. The number of hydrogen-bond acceptors (Lipinski definition) is 26. The predicted molar refractivity (Wildman–Crippen MR) is 190 cm³/mol. The molecule has 360 valence electrons. The van der Waals surface area contributed by atoms with Gasteiger partial charge in [-0.05, 0) is 0 Å². The lowest BCUT2D eigenvalue weighted by atomic mass is 9.93. The Kier molecular flexibility index (Phi) is 18.1. The second kappa shape index (κ2) is 22.0. The van der Waals surface area contributed by atoms with Crippen molar-refractivity contribution in [2.75, 3.05) is 33.0 Å². The molecular weight excluding hydrogens is 852 g/mol. The van der Waals surface area contributed by atoms with Crippen LogP contribution in [-0.2, 0) is 52.2 Å². The van der Waals surface area contributed by atoms with Gasteiger partial charge in [0, 0.05) is 13.8 Å². The summed E-state index contributed by atoms with van der Waals surface area (Å²) in [5.74, 6) is -1.52. The maximum atomic E-state index is 12.5. The van der Waals surface area contributed by atoms with Crippen molar-refractivity contribution in [3.63, 3.8) is 0 Å². The molecule has 5 heterocycles. The van der Waals surface area contributed by atoms with Gasteiger partial charge in [0.2, 0.25) is 11.8 Å². The number of carbonyl (C=O) groups is 2. The molecule has 0 aromatic heterocycles. The van der Waals surface area contributed by atoms with Crippen molar-refractivity contribution in [2.45, 2.75) is 167 Å². The molecule has 0 saturated carbocycles. The fraction of sp³-hybridized carbons (Fsp3) is 0.941. The van der Waals surface area contributed by atoms with Crippen LogP contribution in [0.25, 0.3) is 0 Å². The normalized spacial score (nSPS) is 49.0. The van der Waals surface area contributed by atoms with E-state index in [4.69, 9.17) is 42.6 Å². The number of amides is 2. The van der Waals surface area contributed by atoms with Crippen LogP contribution in [0, 0.1) is 0 Å². The summed E-state index contributed by atoms with van der Waals surface area (Å²) in [6.07, 6.45) is -42.3. The summed E-state index contributed by atoms with van der Waals surface area (Å²) >= 11 is 0. The third-order valence-corrected chi connectivity index (χ3v) is 11.1. The molecule has 25 atom stereocenters. The van der Waals surface area contributed by atoms with Crippen molar-refractivity contribution in [1.29, 1.82) is 0 Å². The monoisotopic (exact) mass is 910 g/mol. The van der Waals surface area contributed by atoms with E-state index in [1.54, 1.807) is 0 Å². The number of hydrogen-bond donors (Lipinski definition) is 17. The van der Waals surface area contributed by atoms with Crippen LogP contribution in [0.15, 0.2) is 0 Å². The van der Waals surface area contributed by atoms with E-state index in [2.05, 4.69) is 10.6 Å². The van der Waals surface area contributed by atoms with Gasteiger partial charge in [0.05, 0.1) is 33.0 Å². The van der Waals surface area contributed by atoms with E-state index in [1.807, 2.05) is 0 Å². The van der Waals surface area contributed by atoms with E-state index in [0.717, 1.165) is 13.8 Å². The minimum atomic E-state index is -2.19. The Balaban J connectivity index is 1.36. The zero-order valence-electron chi connectivity index (χ0n) is 33.2. The Morgan fingerprint density at radius 2 is 0.758 bits per heavy atom. The van der Waals surface area contributed by atoms with E-state index in [1.165, 1.54) is 0 Å². The summed E-state index contributed by atoms with van der Waals surface area (Å²) in [5, 5.41) is 163. The molecule has 62 heavy (non-hydrogen) atoms. The van der Waals surface area contributed by atoms with E-state index in [9.17, 15) is 86.2 Å². The fourth-order valence-corrected chi connectivity index (χ4v) is 7.83. The molecule has 28 heteroatoms. The lowest BCUT2D eigenvalue weighted by Gasteiger charge is -2.50.